The number of hydrogen-bond acceptors (Lipinski definition) is 8. The second-order valence-corrected chi connectivity index (χ2v) is 9.08. The summed E-state index contributed by atoms with van der Waals surface area (Å²) in [6.45, 7) is 2.73. The van der Waals surface area contributed by atoms with E-state index in [0.717, 1.165) is 21.3 Å². The second kappa shape index (κ2) is 8.45. The van der Waals surface area contributed by atoms with Crippen molar-refractivity contribution in [3.8, 4) is 16.8 Å². The van der Waals surface area contributed by atoms with Gasteiger partial charge in [0.05, 0.1) is 16.3 Å². The molecule has 0 amide bonds. The average Bonchev–Trinajstić information content (AvgIpc) is 3.46. The molecule has 3 heterocycles. The summed E-state index contributed by atoms with van der Waals surface area (Å²) in [6.07, 6.45) is 0. The molecule has 0 N–H and O–H groups in total. The number of nitrogens with zero attached hydrogens (tertiary/aromatic N) is 5. The topological polar surface area (TPSA) is 74.8 Å². The number of ketones is 1. The van der Waals surface area contributed by atoms with Crippen LogP contribution in [-0.2, 0) is 11.3 Å². The van der Waals surface area contributed by atoms with Crippen molar-refractivity contribution in [1.29, 1.82) is 5.26 Å². The monoisotopic (exact) mass is 439 g/mol. The number of para-hydroxylation sites is 1. The van der Waals surface area contributed by atoms with Gasteiger partial charge in [0.15, 0.2) is 16.8 Å². The smallest absolute Gasteiger partial charge is 0.191 e. The third-order valence-corrected chi connectivity index (χ3v) is 7.52. The minimum Gasteiger partial charge on any atom is -0.337 e. The predicted molar refractivity (Wildman–Crippen MR) is 118 cm³/mol. The van der Waals surface area contributed by atoms with Crippen LogP contribution in [0.25, 0.3) is 10.7 Å². The van der Waals surface area contributed by atoms with Crippen molar-refractivity contribution < 1.29 is 4.79 Å². The van der Waals surface area contributed by atoms with E-state index >= 15 is 0 Å². The molecule has 0 saturated carbocycles. The van der Waals surface area contributed by atoms with Crippen molar-refractivity contribution in [2.45, 2.75) is 23.5 Å². The van der Waals surface area contributed by atoms with Crippen LogP contribution in [0.4, 0.5) is 5.69 Å². The molecule has 6 nitrogen and oxygen atoms in total. The van der Waals surface area contributed by atoms with Crippen molar-refractivity contribution in [2.24, 2.45) is 0 Å². The number of carbonyl (C=O) groups excluding carboxylic acids is 1. The van der Waals surface area contributed by atoms with Crippen molar-refractivity contribution in [3.05, 3.63) is 52.4 Å². The largest absolute Gasteiger partial charge is 0.337 e. The molecule has 0 spiro atoms. The van der Waals surface area contributed by atoms with Gasteiger partial charge in [-0.05, 0) is 30.5 Å². The first-order valence-electron chi connectivity index (χ1n) is 8.92. The zero-order chi connectivity index (χ0) is 20.4. The maximum absolute atomic E-state index is 12.9. The first-order valence-corrected chi connectivity index (χ1v) is 11.6. The Hall–Kier alpha value is -2.54. The molecule has 146 valence electrons. The molecule has 3 aromatic rings. The highest BCUT2D eigenvalue weighted by Crippen LogP contribution is 2.46. The number of rotatable bonds is 6. The first kappa shape index (κ1) is 19.8. The quantitative estimate of drug-likeness (QED) is 0.314. The molecule has 0 fully saturated rings. The predicted octanol–water partition coefficient (Wildman–Crippen LogP) is 4.66. The summed E-state index contributed by atoms with van der Waals surface area (Å²) in [6, 6.07) is 14.0. The van der Waals surface area contributed by atoms with E-state index < -0.39 is 0 Å². The molecule has 1 aliphatic heterocycles. The maximum Gasteiger partial charge on any atom is 0.191 e. The molecule has 4 rings (SSSR count). The molecule has 0 aliphatic carbocycles. The summed E-state index contributed by atoms with van der Waals surface area (Å²) in [5.41, 5.74) is 1.19. The number of allylic oxidation sites excluding steroid dienone is 1. The summed E-state index contributed by atoms with van der Waals surface area (Å²) < 4.78 is 2.00. The molecule has 1 aliphatic rings. The van der Waals surface area contributed by atoms with E-state index in [9.17, 15) is 10.1 Å². The molecule has 1 aromatic carbocycles. The number of carbonyl (C=O) groups is 1. The fraction of sp³-hybridized carbons (Fsp3) is 0.200. The van der Waals surface area contributed by atoms with Crippen LogP contribution < -0.4 is 4.90 Å². The van der Waals surface area contributed by atoms with Crippen LogP contribution in [0, 0.1) is 11.3 Å². The normalized spacial score (nSPS) is 14.6. The van der Waals surface area contributed by atoms with Gasteiger partial charge in [0.25, 0.3) is 0 Å². The van der Waals surface area contributed by atoms with Gasteiger partial charge in [-0.2, -0.15) is 5.26 Å². The van der Waals surface area contributed by atoms with Crippen LogP contribution >= 0.6 is 34.9 Å². The van der Waals surface area contributed by atoms with Crippen molar-refractivity contribution in [3.63, 3.8) is 0 Å². The minimum atomic E-state index is -0.206. The SMILES string of the molecule is CCn1c(SCC(=O)C(C#N)=C2Sc3ccccc3N2C)nnc1-c1cccs1. The Balaban J connectivity index is 1.54. The average molecular weight is 440 g/mol. The van der Waals surface area contributed by atoms with Crippen LogP contribution in [-0.4, -0.2) is 33.3 Å². The van der Waals surface area contributed by atoms with Crippen LogP contribution in [0.2, 0.25) is 0 Å². The molecule has 0 saturated heterocycles. The van der Waals surface area contributed by atoms with Gasteiger partial charge in [0.1, 0.15) is 16.7 Å². The number of benzene rings is 1. The van der Waals surface area contributed by atoms with Gasteiger partial charge in [-0.15, -0.1) is 21.5 Å². The van der Waals surface area contributed by atoms with Gasteiger partial charge in [-0.3, -0.25) is 4.79 Å². The van der Waals surface area contributed by atoms with E-state index in [4.69, 9.17) is 0 Å². The Labute approximate surface area is 181 Å². The second-order valence-electron chi connectivity index (χ2n) is 6.16. The van der Waals surface area contributed by atoms with Gasteiger partial charge in [0, 0.05) is 18.5 Å². The summed E-state index contributed by atoms with van der Waals surface area (Å²) in [5.74, 6) is 0.737. The molecular weight excluding hydrogens is 422 g/mol. The Morgan fingerprint density at radius 1 is 1.24 bits per heavy atom. The zero-order valence-electron chi connectivity index (χ0n) is 15.8. The number of fused-ring (bicyclic) bond motifs is 1. The van der Waals surface area contributed by atoms with Gasteiger partial charge >= 0.3 is 0 Å². The fourth-order valence-corrected chi connectivity index (χ4v) is 5.77. The zero-order valence-corrected chi connectivity index (χ0v) is 18.3. The molecule has 0 atom stereocenters. The number of aromatic nitrogens is 3. The lowest BCUT2D eigenvalue weighted by atomic mass is 10.2. The maximum atomic E-state index is 12.9. The van der Waals surface area contributed by atoms with Gasteiger partial charge < -0.3 is 9.47 Å². The van der Waals surface area contributed by atoms with E-state index in [1.165, 1.54) is 23.5 Å². The number of thiophene rings is 1. The van der Waals surface area contributed by atoms with E-state index in [2.05, 4.69) is 16.3 Å². The van der Waals surface area contributed by atoms with Crippen molar-refractivity contribution in [2.75, 3.05) is 17.7 Å². The molecule has 29 heavy (non-hydrogen) atoms. The number of Topliss-reactive ketones (excluding diaryl/α,β-unsaturated/α-hetero) is 1. The lowest BCUT2D eigenvalue weighted by molar-refractivity contribution is -0.112. The number of thioether (sulfide) groups is 2. The summed E-state index contributed by atoms with van der Waals surface area (Å²) in [4.78, 5) is 16.9. The third-order valence-electron chi connectivity index (χ3n) is 4.45. The standard InChI is InChI=1S/C20H17N5OS3/c1-3-25-18(17-9-6-10-27-17)22-23-20(25)28-12-15(26)13(11-21)19-24(2)14-7-4-5-8-16(14)29-19/h4-10H,3,12H2,1-2H3. The number of anilines is 1. The number of hydrogen-bond donors (Lipinski definition) is 0. The fourth-order valence-electron chi connectivity index (χ4n) is 3.02. The summed E-state index contributed by atoms with van der Waals surface area (Å²) in [5, 5.41) is 21.6. The lowest BCUT2D eigenvalue weighted by Gasteiger charge is -2.14. The first-order chi connectivity index (χ1) is 14.1. The van der Waals surface area contributed by atoms with Crippen LogP contribution in [0.3, 0.4) is 0 Å². The van der Waals surface area contributed by atoms with Crippen molar-refractivity contribution >= 4 is 46.3 Å². The molecule has 9 heteroatoms. The molecule has 0 radical (unpaired) electrons. The van der Waals surface area contributed by atoms with E-state index in [0.29, 0.717) is 16.7 Å². The van der Waals surface area contributed by atoms with E-state index in [1.54, 1.807) is 11.3 Å². The molecule has 0 bridgehead atoms. The van der Waals surface area contributed by atoms with Crippen LogP contribution in [0.15, 0.2) is 62.4 Å². The minimum absolute atomic E-state index is 0.139. The number of nitriles is 1. The van der Waals surface area contributed by atoms with Gasteiger partial charge in [0.2, 0.25) is 0 Å². The summed E-state index contributed by atoms with van der Waals surface area (Å²) in [7, 11) is 1.88. The van der Waals surface area contributed by atoms with Gasteiger partial charge in [-0.25, -0.2) is 0 Å². The highest BCUT2D eigenvalue weighted by molar-refractivity contribution is 8.03. The highest BCUT2D eigenvalue weighted by Gasteiger charge is 2.28. The molecule has 2 aromatic heterocycles. The van der Waals surface area contributed by atoms with Gasteiger partial charge in [-0.1, -0.05) is 41.7 Å². The Morgan fingerprint density at radius 3 is 2.76 bits per heavy atom. The molecule has 0 unspecified atom stereocenters. The van der Waals surface area contributed by atoms with Crippen LogP contribution in [0.1, 0.15) is 6.92 Å². The Bertz CT molecular complexity index is 1130. The van der Waals surface area contributed by atoms with Crippen LogP contribution in [0.5, 0.6) is 0 Å². The highest BCUT2D eigenvalue weighted by atomic mass is 32.2. The summed E-state index contributed by atoms with van der Waals surface area (Å²) >= 11 is 4.38. The Morgan fingerprint density at radius 2 is 2.07 bits per heavy atom. The van der Waals surface area contributed by atoms with E-state index in [-0.39, 0.29) is 17.1 Å². The van der Waals surface area contributed by atoms with E-state index in [1.807, 2.05) is 65.2 Å². The molecular formula is C20H17N5OS3. The Kier molecular flexibility index (Phi) is 5.76. The van der Waals surface area contributed by atoms with Crippen molar-refractivity contribution in [1.82, 2.24) is 14.8 Å². The third kappa shape index (κ3) is 3.71. The lowest BCUT2D eigenvalue weighted by Crippen LogP contribution is -2.16.